The summed E-state index contributed by atoms with van der Waals surface area (Å²) in [6.07, 6.45) is 2.13. The minimum atomic E-state index is -0.0963. The molecule has 0 bridgehead atoms. The second-order valence-electron chi connectivity index (χ2n) is 6.49. The van der Waals surface area contributed by atoms with Gasteiger partial charge in [-0.3, -0.25) is 14.2 Å². The van der Waals surface area contributed by atoms with Crippen LogP contribution < -0.4 is 5.32 Å². The molecule has 0 atom stereocenters. The zero-order valence-corrected chi connectivity index (χ0v) is 18.9. The Kier molecular flexibility index (Phi) is 7.59. The van der Waals surface area contributed by atoms with Gasteiger partial charge >= 0.3 is 0 Å². The average Bonchev–Trinajstić information content (AvgIpc) is 3.12. The van der Waals surface area contributed by atoms with Gasteiger partial charge in [0.25, 0.3) is 0 Å². The van der Waals surface area contributed by atoms with Crippen LogP contribution in [0.1, 0.15) is 23.7 Å². The molecule has 0 radical (unpaired) electrons. The van der Waals surface area contributed by atoms with Crippen LogP contribution in [0.2, 0.25) is 0 Å². The quantitative estimate of drug-likeness (QED) is 0.256. The molecule has 0 aliphatic rings. The molecule has 0 saturated heterocycles. The van der Waals surface area contributed by atoms with Crippen LogP contribution in [-0.2, 0) is 11.3 Å². The highest BCUT2D eigenvalue weighted by Crippen LogP contribution is 2.25. The largest absolute Gasteiger partial charge is 0.326 e. The summed E-state index contributed by atoms with van der Waals surface area (Å²) in [5.41, 5.74) is 2.25. The van der Waals surface area contributed by atoms with E-state index in [4.69, 9.17) is 0 Å². The van der Waals surface area contributed by atoms with Gasteiger partial charge in [-0.15, -0.1) is 16.8 Å². The van der Waals surface area contributed by atoms with E-state index in [1.165, 1.54) is 18.7 Å². The number of anilines is 1. The molecule has 3 aromatic rings. The van der Waals surface area contributed by atoms with Gasteiger partial charge in [-0.1, -0.05) is 45.9 Å². The molecule has 1 aromatic heterocycles. The van der Waals surface area contributed by atoms with Gasteiger partial charge in [0.1, 0.15) is 0 Å². The second-order valence-corrected chi connectivity index (χ2v) is 8.47. The number of benzene rings is 2. The lowest BCUT2D eigenvalue weighted by molar-refractivity contribution is -0.115. The number of nitrogens with one attached hydrogen (secondary N) is 1. The van der Waals surface area contributed by atoms with Crippen LogP contribution in [-0.4, -0.2) is 32.2 Å². The Labute approximate surface area is 187 Å². The molecule has 0 saturated carbocycles. The summed E-state index contributed by atoms with van der Waals surface area (Å²) < 4.78 is 2.98. The third-order valence-electron chi connectivity index (χ3n) is 4.27. The molecule has 6 nitrogen and oxygen atoms in total. The fourth-order valence-electron chi connectivity index (χ4n) is 2.75. The lowest BCUT2D eigenvalue weighted by Gasteiger charge is -2.08. The molecule has 0 aliphatic carbocycles. The summed E-state index contributed by atoms with van der Waals surface area (Å²) in [6.45, 7) is 5.91. The summed E-state index contributed by atoms with van der Waals surface area (Å²) in [5, 5.41) is 12.2. The average molecular weight is 485 g/mol. The van der Waals surface area contributed by atoms with Crippen LogP contribution in [0.3, 0.4) is 0 Å². The maximum atomic E-state index is 12.2. The summed E-state index contributed by atoms with van der Waals surface area (Å²) in [6, 6.07) is 14.7. The number of aromatic nitrogens is 3. The van der Waals surface area contributed by atoms with E-state index in [2.05, 4.69) is 38.0 Å². The Morgan fingerprint density at radius 2 is 1.83 bits per heavy atom. The standard InChI is InChI=1S/C22H21BrN4O2S/c1-3-13-27-21(17-4-8-18(23)9-5-17)25-26-22(27)30-14-12-20(29)24-19-10-6-16(7-11-19)15(2)28/h3-11H,1,12-14H2,2H3,(H,24,29). The number of amides is 1. The van der Waals surface area contributed by atoms with Crippen molar-refractivity contribution in [3.63, 3.8) is 0 Å². The van der Waals surface area contributed by atoms with Gasteiger partial charge in [0.2, 0.25) is 5.91 Å². The highest BCUT2D eigenvalue weighted by molar-refractivity contribution is 9.10. The lowest BCUT2D eigenvalue weighted by atomic mass is 10.1. The molecule has 1 amide bonds. The van der Waals surface area contributed by atoms with Gasteiger partial charge in [0, 0.05) is 40.0 Å². The van der Waals surface area contributed by atoms with E-state index < -0.39 is 0 Å². The van der Waals surface area contributed by atoms with Crippen molar-refractivity contribution in [2.24, 2.45) is 0 Å². The van der Waals surface area contributed by atoms with Crippen molar-refractivity contribution < 1.29 is 9.59 Å². The summed E-state index contributed by atoms with van der Waals surface area (Å²) in [7, 11) is 0. The SMILES string of the molecule is C=CCn1c(SCCC(=O)Nc2ccc(C(C)=O)cc2)nnc1-c1ccc(Br)cc1. The number of carbonyl (C=O) groups excluding carboxylic acids is 2. The third-order valence-corrected chi connectivity index (χ3v) is 5.76. The highest BCUT2D eigenvalue weighted by Gasteiger charge is 2.14. The van der Waals surface area contributed by atoms with E-state index in [-0.39, 0.29) is 11.7 Å². The van der Waals surface area contributed by atoms with Crippen molar-refractivity contribution in [2.45, 2.75) is 25.0 Å². The van der Waals surface area contributed by atoms with Crippen molar-refractivity contribution in [1.29, 1.82) is 0 Å². The predicted octanol–water partition coefficient (Wildman–Crippen LogP) is 5.22. The normalized spacial score (nSPS) is 10.6. The van der Waals surface area contributed by atoms with Crippen LogP contribution >= 0.6 is 27.7 Å². The first-order chi connectivity index (χ1) is 14.5. The number of hydrogen-bond acceptors (Lipinski definition) is 5. The molecule has 0 aliphatic heterocycles. The third kappa shape index (κ3) is 5.67. The molecule has 30 heavy (non-hydrogen) atoms. The molecule has 0 spiro atoms. The second kappa shape index (κ2) is 10.4. The summed E-state index contributed by atoms with van der Waals surface area (Å²) in [4.78, 5) is 23.6. The number of thioether (sulfide) groups is 1. The smallest absolute Gasteiger partial charge is 0.225 e. The highest BCUT2D eigenvalue weighted by atomic mass is 79.9. The zero-order valence-electron chi connectivity index (χ0n) is 16.5. The Bertz CT molecular complexity index is 1050. The number of hydrogen-bond donors (Lipinski definition) is 1. The molecule has 2 aromatic carbocycles. The molecule has 3 rings (SSSR count). The zero-order chi connectivity index (χ0) is 21.5. The summed E-state index contributed by atoms with van der Waals surface area (Å²) in [5.74, 6) is 1.23. The minimum absolute atomic E-state index is 0.00424. The molecule has 1 heterocycles. The maximum Gasteiger partial charge on any atom is 0.225 e. The predicted molar refractivity (Wildman–Crippen MR) is 124 cm³/mol. The van der Waals surface area contributed by atoms with E-state index in [0.29, 0.717) is 30.0 Å². The van der Waals surface area contributed by atoms with Gasteiger partial charge in [0.15, 0.2) is 16.8 Å². The topological polar surface area (TPSA) is 76.9 Å². The fourth-order valence-corrected chi connectivity index (χ4v) is 3.90. The fraction of sp³-hybridized carbons (Fsp3) is 0.182. The van der Waals surface area contributed by atoms with E-state index in [9.17, 15) is 9.59 Å². The first-order valence-corrected chi connectivity index (χ1v) is 11.1. The number of rotatable bonds is 9. The monoisotopic (exact) mass is 484 g/mol. The van der Waals surface area contributed by atoms with Crippen LogP contribution in [0.5, 0.6) is 0 Å². The first kappa shape index (κ1) is 22.0. The molecular formula is C22H21BrN4O2S. The number of halogens is 1. The van der Waals surface area contributed by atoms with E-state index in [1.54, 1.807) is 30.3 Å². The number of allylic oxidation sites excluding steroid dienone is 1. The van der Waals surface area contributed by atoms with Gasteiger partial charge in [-0.25, -0.2) is 0 Å². The Balaban J connectivity index is 1.60. The molecule has 154 valence electrons. The van der Waals surface area contributed by atoms with E-state index in [0.717, 1.165) is 21.0 Å². The minimum Gasteiger partial charge on any atom is -0.326 e. The number of ketones is 1. The van der Waals surface area contributed by atoms with Crippen molar-refractivity contribution in [2.75, 3.05) is 11.1 Å². The lowest BCUT2D eigenvalue weighted by Crippen LogP contribution is -2.12. The molecular weight excluding hydrogens is 464 g/mol. The maximum absolute atomic E-state index is 12.2. The molecule has 1 N–H and O–H groups in total. The van der Waals surface area contributed by atoms with Crippen molar-refractivity contribution >= 4 is 45.1 Å². The van der Waals surface area contributed by atoms with Crippen LogP contribution in [0.4, 0.5) is 5.69 Å². The van der Waals surface area contributed by atoms with E-state index in [1.807, 2.05) is 28.8 Å². The Hall–Kier alpha value is -2.71. The van der Waals surface area contributed by atoms with Gasteiger partial charge < -0.3 is 5.32 Å². The van der Waals surface area contributed by atoms with Crippen LogP contribution in [0.25, 0.3) is 11.4 Å². The Morgan fingerprint density at radius 3 is 2.47 bits per heavy atom. The van der Waals surface area contributed by atoms with Crippen molar-refractivity contribution in [3.05, 3.63) is 71.2 Å². The van der Waals surface area contributed by atoms with Gasteiger partial charge in [0.05, 0.1) is 0 Å². The van der Waals surface area contributed by atoms with E-state index >= 15 is 0 Å². The Morgan fingerprint density at radius 1 is 1.13 bits per heavy atom. The van der Waals surface area contributed by atoms with Gasteiger partial charge in [-0.05, 0) is 43.3 Å². The number of nitrogens with zero attached hydrogens (tertiary/aromatic N) is 3. The van der Waals surface area contributed by atoms with Crippen molar-refractivity contribution in [1.82, 2.24) is 14.8 Å². The molecule has 8 heteroatoms. The van der Waals surface area contributed by atoms with Crippen LogP contribution in [0.15, 0.2) is 70.8 Å². The number of Topliss-reactive ketones (excluding diaryl/α,β-unsaturated/α-hetero) is 1. The first-order valence-electron chi connectivity index (χ1n) is 9.31. The van der Waals surface area contributed by atoms with Crippen LogP contribution in [0, 0.1) is 0 Å². The van der Waals surface area contributed by atoms with Gasteiger partial charge in [-0.2, -0.15) is 0 Å². The molecule has 0 unspecified atom stereocenters. The molecule has 0 fully saturated rings. The van der Waals surface area contributed by atoms with Crippen molar-refractivity contribution in [3.8, 4) is 11.4 Å². The summed E-state index contributed by atoms with van der Waals surface area (Å²) >= 11 is 4.92. The number of carbonyl (C=O) groups is 2.